The molecule has 12 heterocycles. The lowest BCUT2D eigenvalue weighted by Gasteiger charge is -2.37. The van der Waals surface area contributed by atoms with Crippen molar-refractivity contribution in [1.29, 1.82) is 0 Å². The maximum atomic E-state index is 13.3. The Bertz CT molecular complexity index is 4060. The molecule has 13 rings (SSSR count). The van der Waals surface area contributed by atoms with Gasteiger partial charge in [-0.15, -0.1) is 0 Å². The Morgan fingerprint density at radius 3 is 1.44 bits per heavy atom. The number of pyridine rings is 5. The highest BCUT2D eigenvalue weighted by atomic mass is 32.2. The molecule has 460 valence electrons. The largest absolute Gasteiger partial charge is 0.396 e. The summed E-state index contributed by atoms with van der Waals surface area (Å²) in [6.07, 6.45) is 15.8. The van der Waals surface area contributed by atoms with Gasteiger partial charge >= 0.3 is 0 Å². The Labute approximate surface area is 508 Å². The molecule has 3 fully saturated rings. The van der Waals surface area contributed by atoms with Crippen molar-refractivity contribution in [3.63, 3.8) is 0 Å². The van der Waals surface area contributed by atoms with Crippen LogP contribution in [0.1, 0.15) is 134 Å². The molecule has 7 aliphatic heterocycles. The lowest BCUT2D eigenvalue weighted by Crippen LogP contribution is -2.47. The van der Waals surface area contributed by atoms with Gasteiger partial charge in [-0.25, -0.2) is 38.4 Å². The van der Waals surface area contributed by atoms with Gasteiger partial charge in [0.25, 0.3) is 40.1 Å². The average Bonchev–Trinajstić information content (AvgIpc) is 2.13. The smallest absolute Gasteiger partial charge is 0.261 e. The van der Waals surface area contributed by atoms with E-state index in [-0.39, 0.29) is 45.9 Å². The Hall–Kier alpha value is -6.79. The van der Waals surface area contributed by atoms with Crippen molar-refractivity contribution in [2.75, 3.05) is 39.3 Å². The fraction of sp³-hybridized carbons (Fsp3) is 0.417. The van der Waals surface area contributed by atoms with Gasteiger partial charge in [0.05, 0.1) is 60.6 Å². The van der Waals surface area contributed by atoms with Crippen molar-refractivity contribution in [2.24, 2.45) is 25.9 Å². The summed E-state index contributed by atoms with van der Waals surface area (Å²) >= 11 is 0. The Kier molecular flexibility index (Phi) is 19.3. The van der Waals surface area contributed by atoms with Gasteiger partial charge in [-0.05, 0) is 137 Å². The number of piperidine rings is 3. The fourth-order valence-corrected chi connectivity index (χ4v) is 18.2. The van der Waals surface area contributed by atoms with E-state index in [2.05, 4.69) is 49.6 Å². The highest BCUT2D eigenvalue weighted by molar-refractivity contribution is 8.06. The maximum Gasteiger partial charge on any atom is 0.261 e. The summed E-state index contributed by atoms with van der Waals surface area (Å²) in [4.78, 5) is 37.6. The van der Waals surface area contributed by atoms with Crippen LogP contribution in [0.4, 0.5) is 0 Å². The number of aliphatic hydroxyl groups excluding tert-OH is 1. The number of hydrogen-bond donors (Lipinski definition) is 3. The van der Waals surface area contributed by atoms with Crippen LogP contribution in [-0.2, 0) is 71.9 Å². The lowest BCUT2D eigenvalue weighted by atomic mass is 9.85. The van der Waals surface area contributed by atoms with E-state index < -0.39 is 51.2 Å². The molecule has 3 N–H and O–H groups in total. The number of sulfonamides is 4. The summed E-state index contributed by atoms with van der Waals surface area (Å²) in [5.41, 5.74) is 5.58. The summed E-state index contributed by atoms with van der Waals surface area (Å²) in [7, 11) is -14.4. The Balaban J connectivity index is 0.000000130. The number of hydrogen-bond acceptors (Lipinski definition) is 19. The summed E-state index contributed by atoms with van der Waals surface area (Å²) in [6.45, 7) is 8.90. The second-order valence-electron chi connectivity index (χ2n) is 22.9. The monoisotopic (exact) mass is 1260 g/mol. The van der Waals surface area contributed by atoms with Crippen LogP contribution in [0, 0.1) is 5.92 Å². The first-order valence-electron chi connectivity index (χ1n) is 28.9. The molecule has 1 unspecified atom stereocenters. The average molecular weight is 1260 g/mol. The number of aromatic nitrogens is 5. The number of nitrogens with one attached hydrogen (secondary N) is 1. The van der Waals surface area contributed by atoms with Gasteiger partial charge in [-0.2, -0.15) is 12.9 Å². The second-order valence-corrected chi connectivity index (χ2v) is 30.0. The first-order valence-corrected chi connectivity index (χ1v) is 34.7. The predicted octanol–water partition coefficient (Wildman–Crippen LogP) is 5.77. The van der Waals surface area contributed by atoms with Crippen LogP contribution in [0.3, 0.4) is 0 Å². The van der Waals surface area contributed by atoms with Crippen molar-refractivity contribution in [1.82, 2.24) is 42.6 Å². The molecule has 5 aromatic heterocycles. The third-order valence-electron chi connectivity index (χ3n) is 15.9. The van der Waals surface area contributed by atoms with Crippen LogP contribution in [0.15, 0.2) is 148 Å². The van der Waals surface area contributed by atoms with E-state index in [4.69, 9.17) is 5.11 Å². The summed E-state index contributed by atoms with van der Waals surface area (Å²) in [6, 6.07) is 27.0. The highest BCUT2D eigenvalue weighted by Crippen LogP contribution is 2.37. The minimum Gasteiger partial charge on any atom is -0.396 e. The Morgan fingerprint density at radius 2 is 0.977 bits per heavy atom. The quantitative estimate of drug-likeness (QED) is 0.163. The van der Waals surface area contributed by atoms with E-state index in [0.717, 1.165) is 61.0 Å². The molecule has 0 spiro atoms. The van der Waals surface area contributed by atoms with Crippen LogP contribution in [0.5, 0.6) is 0 Å². The van der Waals surface area contributed by atoms with E-state index in [1.165, 1.54) is 8.61 Å². The predicted molar refractivity (Wildman–Crippen MR) is 331 cm³/mol. The molecule has 0 saturated carbocycles. The van der Waals surface area contributed by atoms with Gasteiger partial charge in [0.2, 0.25) is 0 Å². The minimum atomic E-state index is -3.68. The van der Waals surface area contributed by atoms with E-state index in [1.54, 1.807) is 111 Å². The van der Waals surface area contributed by atoms with E-state index >= 15 is 0 Å². The van der Waals surface area contributed by atoms with E-state index in [1.807, 2.05) is 42.5 Å². The minimum absolute atomic E-state index is 0.0931. The van der Waals surface area contributed by atoms with Gasteiger partial charge in [0.1, 0.15) is 0 Å². The van der Waals surface area contributed by atoms with Crippen LogP contribution in [0.2, 0.25) is 0 Å². The number of rotatable bonds is 8. The lowest BCUT2D eigenvalue weighted by molar-refractivity contribution is -0.00932. The van der Waals surface area contributed by atoms with Crippen LogP contribution < -0.4 is 4.72 Å². The molecular weight excluding hydrogens is 1190 g/mol. The van der Waals surface area contributed by atoms with Gasteiger partial charge in [-0.1, -0.05) is 42.8 Å². The summed E-state index contributed by atoms with van der Waals surface area (Å²) in [5.74, 6) is 0.418. The molecule has 1 atom stereocenters. The molecule has 3 saturated heterocycles. The maximum absolute atomic E-state index is 13.3. The Morgan fingerprint density at radius 1 is 0.529 bits per heavy atom. The fourth-order valence-electron chi connectivity index (χ4n) is 11.5. The van der Waals surface area contributed by atoms with Crippen molar-refractivity contribution < 1.29 is 43.9 Å². The van der Waals surface area contributed by atoms with Gasteiger partial charge in [0, 0.05) is 104 Å². The zero-order valence-corrected chi connectivity index (χ0v) is 51.9. The van der Waals surface area contributed by atoms with Crippen molar-refractivity contribution in [3.8, 4) is 0 Å². The molecule has 0 radical (unpaired) electrons. The number of aliphatic hydroxyl groups is 2. The standard InChI is InChI=1S/C18H19N3O3S.C17H18N4O2S.C14H19N3O3S.C11H15N3O2S/c22-18(14-5-2-1-3-6-14)8-11-21(12-9-18)25(23,24)17-15-7-4-10-19-16(15)13-20-17;22-24(23,17-14-6-4-9-19-15(14)12-20-17)21-10-2-1-7-16(21)13-5-3-8-18-11-13;18-9-5-11-3-7-17(8-4-11)21(19,20)14-12-2-1-6-15-13(12)10-16-14;1-11(2,3)14-17(15,16)10-8-5-4-6-12-9(8)7-13-10/h1-7,10,22H,8-9,11-13H2;3-6,8-9,11,16H,1-2,7,10,12H2;1-2,6,11,18H,3-5,7-10H2;4-6,14H,7H2,1-3H3. The first kappa shape index (κ1) is 63.2. The molecule has 6 aromatic rings. The van der Waals surface area contributed by atoms with E-state index in [0.29, 0.717) is 98.2 Å². The van der Waals surface area contributed by atoms with Gasteiger partial charge in [-0.3, -0.25) is 44.9 Å². The number of nitrogens with zero attached hydrogens (tertiary/aromatic N) is 12. The topological polar surface area (TPSA) is 313 Å². The normalized spacial score (nSPS) is 19.6. The van der Waals surface area contributed by atoms with Crippen molar-refractivity contribution >= 4 is 60.3 Å². The summed E-state index contributed by atoms with van der Waals surface area (Å²) < 4.78 is 109. The molecule has 0 bridgehead atoms. The third-order valence-corrected chi connectivity index (χ3v) is 23.3. The molecule has 1 aromatic carbocycles. The van der Waals surface area contributed by atoms with Crippen molar-refractivity contribution in [2.45, 2.75) is 115 Å². The molecular formula is C60H71N13O10S4. The zero-order chi connectivity index (χ0) is 61.6. The van der Waals surface area contributed by atoms with E-state index in [9.17, 15) is 38.8 Å². The van der Waals surface area contributed by atoms with Crippen LogP contribution >= 0.6 is 0 Å². The van der Waals surface area contributed by atoms with Gasteiger partial charge < -0.3 is 10.2 Å². The van der Waals surface area contributed by atoms with Gasteiger partial charge in [0.15, 0.2) is 20.2 Å². The SMILES string of the molecule is CC(C)(C)NS(=O)(=O)C1=NCc2ncccc21.O=S(=O)(C1=NCc2ncccc21)N1CCC(CCO)CC1.O=S(=O)(C1=NCc2ncccc21)N1CCC(O)(c2ccccc2)CC1.O=S(=O)(C1=NCc2ncccc21)N1CCCCC1c1cccnc1. The molecule has 0 amide bonds. The van der Waals surface area contributed by atoms with Crippen LogP contribution in [0.25, 0.3) is 0 Å². The number of fused-ring (bicyclic) bond motifs is 4. The number of benzene rings is 1. The highest BCUT2D eigenvalue weighted by Gasteiger charge is 2.43. The molecule has 87 heavy (non-hydrogen) atoms. The molecule has 7 aliphatic rings. The number of aliphatic imine (C=N–C) groups is 4. The second kappa shape index (κ2) is 26.5. The summed E-state index contributed by atoms with van der Waals surface area (Å²) in [5, 5.41) is 20.4. The van der Waals surface area contributed by atoms with Crippen molar-refractivity contribution in [3.05, 3.63) is 184 Å². The third kappa shape index (κ3) is 14.1. The van der Waals surface area contributed by atoms with Crippen LogP contribution in [-0.4, -0.2) is 147 Å². The molecule has 23 nitrogen and oxygen atoms in total. The molecule has 0 aliphatic carbocycles. The zero-order valence-electron chi connectivity index (χ0n) is 48.7. The molecule has 27 heteroatoms. The first-order chi connectivity index (χ1) is 41.6.